The number of nitrogens with zero attached hydrogens (tertiary/aromatic N) is 1. The zero-order chi connectivity index (χ0) is 25.7. The summed E-state index contributed by atoms with van der Waals surface area (Å²) in [6.07, 6.45) is -2.02. The van der Waals surface area contributed by atoms with Crippen LogP contribution in [0.4, 0.5) is 0 Å². The van der Waals surface area contributed by atoms with Gasteiger partial charge >= 0.3 is 29.2 Å². The maximum atomic E-state index is 12.2. The van der Waals surface area contributed by atoms with E-state index in [0.29, 0.717) is 0 Å². The minimum Gasteiger partial charge on any atom is -0.365 e. The highest BCUT2D eigenvalue weighted by atomic mass is 32.1. The van der Waals surface area contributed by atoms with Crippen LogP contribution in [-0.4, -0.2) is 60.4 Å². The molecule has 17 nitrogen and oxygen atoms in total. The van der Waals surface area contributed by atoms with E-state index in [0.717, 1.165) is 10.8 Å². The summed E-state index contributed by atoms with van der Waals surface area (Å²) in [5, 5.41) is 0. The number of H-pyrrole nitrogens is 1. The molecule has 2 unspecified atom stereocenters. The summed E-state index contributed by atoms with van der Waals surface area (Å²) >= 11 is 3.91. The molecule has 2 rings (SSSR count). The third-order valence-corrected chi connectivity index (χ3v) is 7.84. The Kier molecular flexibility index (Phi) is 10.1. The van der Waals surface area contributed by atoms with Gasteiger partial charge < -0.3 is 34.8 Å². The van der Waals surface area contributed by atoms with Gasteiger partial charge in [0, 0.05) is 12.6 Å². The van der Waals surface area contributed by atoms with Crippen LogP contribution in [0.25, 0.3) is 0 Å². The van der Waals surface area contributed by atoms with E-state index in [-0.39, 0.29) is 24.5 Å². The lowest BCUT2D eigenvalue weighted by Crippen LogP contribution is -2.33. The molecule has 1 aliphatic heterocycles. The van der Waals surface area contributed by atoms with Gasteiger partial charge in [0.1, 0.15) is 17.9 Å². The number of aromatic nitrogens is 2. The first-order valence-electron chi connectivity index (χ1n) is 8.87. The molecule has 0 spiro atoms. The Morgan fingerprint density at radius 2 is 1.88 bits per heavy atom. The zero-order valence-electron chi connectivity index (χ0n) is 16.8. The van der Waals surface area contributed by atoms with Crippen molar-refractivity contribution in [3.05, 3.63) is 32.6 Å². The third kappa shape index (κ3) is 8.83. The van der Waals surface area contributed by atoms with E-state index >= 15 is 0 Å². The topological polar surface area (TPSA) is 259 Å². The Labute approximate surface area is 196 Å². The van der Waals surface area contributed by atoms with Gasteiger partial charge in [-0.3, -0.25) is 18.9 Å². The number of thiol groups is 1. The van der Waals surface area contributed by atoms with E-state index in [9.17, 15) is 33.1 Å². The van der Waals surface area contributed by atoms with E-state index in [1.807, 2.05) is 0 Å². The summed E-state index contributed by atoms with van der Waals surface area (Å²) in [4.78, 5) is 62.1. The average molecular weight is 567 g/mol. The van der Waals surface area contributed by atoms with E-state index < -0.39 is 59.8 Å². The number of nitrogens with one attached hydrogen (secondary N) is 1. The molecule has 0 radical (unpaired) electrons. The number of nitrogens with two attached hydrogens (primary N) is 1. The molecule has 2 heterocycles. The molecule has 34 heavy (non-hydrogen) atoms. The Balaban J connectivity index is 2.18. The molecule has 192 valence electrons. The molecular formula is C13H20N3O14P3S. The van der Waals surface area contributed by atoms with Crippen molar-refractivity contribution in [3.63, 3.8) is 0 Å². The van der Waals surface area contributed by atoms with E-state index in [4.69, 9.17) is 25.0 Å². The van der Waals surface area contributed by atoms with Crippen molar-refractivity contribution in [2.75, 3.05) is 19.1 Å². The van der Waals surface area contributed by atoms with Crippen LogP contribution in [0.2, 0.25) is 0 Å². The number of ether oxygens (including phenoxy) is 2. The maximum absolute atomic E-state index is 12.2. The summed E-state index contributed by atoms with van der Waals surface area (Å²) in [6, 6.07) is 0. The second kappa shape index (κ2) is 11.7. The highest BCUT2D eigenvalue weighted by molar-refractivity contribution is 7.80. The fourth-order valence-corrected chi connectivity index (χ4v) is 5.92. The van der Waals surface area contributed by atoms with Crippen LogP contribution in [0.1, 0.15) is 18.2 Å². The van der Waals surface area contributed by atoms with Gasteiger partial charge in [-0.05, 0) is 0 Å². The van der Waals surface area contributed by atoms with Gasteiger partial charge in [0.15, 0.2) is 0 Å². The predicted molar refractivity (Wildman–Crippen MR) is 114 cm³/mol. The Morgan fingerprint density at radius 3 is 2.47 bits per heavy atom. The van der Waals surface area contributed by atoms with Crippen LogP contribution in [0.15, 0.2) is 15.8 Å². The van der Waals surface area contributed by atoms with Crippen LogP contribution in [0.3, 0.4) is 0 Å². The van der Waals surface area contributed by atoms with Gasteiger partial charge in [0.2, 0.25) is 0 Å². The van der Waals surface area contributed by atoms with Crippen molar-refractivity contribution in [2.45, 2.75) is 24.9 Å². The minimum absolute atomic E-state index is 0.0271. The molecule has 1 aliphatic rings. The van der Waals surface area contributed by atoms with Crippen molar-refractivity contribution in [2.24, 2.45) is 5.73 Å². The summed E-state index contributed by atoms with van der Waals surface area (Å²) in [5.74, 6) is 4.81. The quantitative estimate of drug-likeness (QED) is 0.0754. The first-order chi connectivity index (χ1) is 15.7. The lowest BCUT2D eigenvalue weighted by Gasteiger charge is -2.20. The largest absolute Gasteiger partial charge is 0.490 e. The Hall–Kier alpha value is -1.12. The molecule has 21 heteroatoms. The number of phosphoric acid groups is 3. The number of aromatic amines is 1. The van der Waals surface area contributed by atoms with Gasteiger partial charge in [0.25, 0.3) is 5.56 Å². The molecule has 0 bridgehead atoms. The fraction of sp³-hybridized carbons (Fsp3) is 0.538. The average Bonchev–Trinajstić information content (AvgIpc) is 3.06. The van der Waals surface area contributed by atoms with E-state index in [1.165, 1.54) is 0 Å². The van der Waals surface area contributed by atoms with Crippen LogP contribution >= 0.6 is 36.1 Å². The monoisotopic (exact) mass is 567 g/mol. The highest BCUT2D eigenvalue weighted by Crippen LogP contribution is 2.66. The smallest absolute Gasteiger partial charge is 0.365 e. The fourth-order valence-electron chi connectivity index (χ4n) is 2.70. The van der Waals surface area contributed by atoms with Gasteiger partial charge in [-0.25, -0.2) is 18.5 Å². The van der Waals surface area contributed by atoms with Gasteiger partial charge in [-0.15, -0.1) is 0 Å². The number of rotatable bonds is 10. The Bertz CT molecular complexity index is 1200. The van der Waals surface area contributed by atoms with Gasteiger partial charge in [-0.2, -0.15) is 21.3 Å². The minimum atomic E-state index is -5.70. The first-order valence-corrected chi connectivity index (χ1v) is 14.0. The van der Waals surface area contributed by atoms with Crippen molar-refractivity contribution in [1.29, 1.82) is 0 Å². The van der Waals surface area contributed by atoms with Crippen LogP contribution in [-0.2, 0) is 36.3 Å². The molecule has 0 aromatic carbocycles. The summed E-state index contributed by atoms with van der Waals surface area (Å²) in [7, 11) is -16.7. The van der Waals surface area contributed by atoms with Gasteiger partial charge in [-0.1, -0.05) is 11.8 Å². The summed E-state index contributed by atoms with van der Waals surface area (Å²) < 4.78 is 57.8. The molecule has 1 fully saturated rings. The van der Waals surface area contributed by atoms with Crippen molar-refractivity contribution >= 4 is 36.1 Å². The van der Waals surface area contributed by atoms with Crippen LogP contribution in [0, 0.1) is 11.8 Å². The molecule has 0 saturated carbocycles. The molecule has 1 aromatic heterocycles. The molecule has 7 N–H and O–H groups in total. The normalized spacial score (nSPS) is 24.1. The second-order valence-corrected chi connectivity index (χ2v) is 11.0. The standard InChI is InChI=1S/C13H20N3O14P3S/c14-3-1-2-8-5-16(13(18)15-12(8)17)11-4-9(26-7-34)10(28-11)6-27-32(22,23)30-33(24,25)29-31(19,20)21/h5,9-11,34H,3-4,6-7,14H2,(H,22,23)(H,24,25)(H,15,17,18)(H2,19,20,21)/t9-,10-,11-/m1/s1. The molecular weight excluding hydrogens is 547 g/mol. The first kappa shape index (κ1) is 29.1. The third-order valence-electron chi connectivity index (χ3n) is 3.89. The molecule has 1 saturated heterocycles. The van der Waals surface area contributed by atoms with Gasteiger partial charge in [0.05, 0.1) is 25.2 Å². The van der Waals surface area contributed by atoms with Crippen molar-refractivity contribution < 1.29 is 55.9 Å². The van der Waals surface area contributed by atoms with Crippen molar-refractivity contribution in [3.8, 4) is 11.8 Å². The molecule has 0 amide bonds. The van der Waals surface area contributed by atoms with Crippen LogP contribution in [0.5, 0.6) is 0 Å². The SMILES string of the molecule is NCC#Cc1cn([C@H]2C[C@@H](OCS)[C@@H](COP(=O)(O)OP(=O)(O)OP(=O)(O)O)O2)c(=O)[nH]c1=O. The maximum Gasteiger partial charge on any atom is 0.490 e. The number of hydrogen-bond acceptors (Lipinski definition) is 12. The lowest BCUT2D eigenvalue weighted by molar-refractivity contribution is -0.0543. The van der Waals surface area contributed by atoms with E-state index in [2.05, 4.69) is 42.6 Å². The van der Waals surface area contributed by atoms with Crippen LogP contribution < -0.4 is 17.0 Å². The number of phosphoric ester groups is 1. The predicted octanol–water partition coefficient (Wildman–Crippen LogP) is -1.25. The lowest BCUT2D eigenvalue weighted by atomic mass is 10.2. The molecule has 5 atom stereocenters. The van der Waals surface area contributed by atoms with E-state index in [1.54, 1.807) is 0 Å². The second-order valence-electron chi connectivity index (χ2n) is 6.30. The molecule has 1 aromatic rings. The number of hydrogen-bond donors (Lipinski definition) is 7. The summed E-state index contributed by atoms with van der Waals surface area (Å²) in [5.41, 5.74) is 3.57. The highest BCUT2D eigenvalue weighted by Gasteiger charge is 2.43. The summed E-state index contributed by atoms with van der Waals surface area (Å²) in [6.45, 7) is -0.852. The van der Waals surface area contributed by atoms with Crippen molar-refractivity contribution in [1.82, 2.24) is 9.55 Å². The zero-order valence-corrected chi connectivity index (χ0v) is 20.4. The Morgan fingerprint density at radius 1 is 1.21 bits per heavy atom. The molecule has 0 aliphatic carbocycles.